The molecule has 4 atom stereocenters. The van der Waals surface area contributed by atoms with Gasteiger partial charge in [-0.25, -0.2) is 0 Å². The minimum absolute atomic E-state index is 0.00337. The van der Waals surface area contributed by atoms with Crippen molar-refractivity contribution in [2.45, 2.75) is 76.0 Å². The third-order valence-corrected chi connectivity index (χ3v) is 16.6. The molecule has 4 aromatic carbocycles. The lowest BCUT2D eigenvalue weighted by atomic mass is 9.82. The molecule has 3 aliphatic heterocycles. The predicted molar refractivity (Wildman–Crippen MR) is 216 cm³/mol. The van der Waals surface area contributed by atoms with Gasteiger partial charge in [0.25, 0.3) is 5.91 Å². The first-order valence-electron chi connectivity index (χ1n) is 19.0. The first kappa shape index (κ1) is 37.1. The van der Waals surface area contributed by atoms with E-state index in [-0.39, 0.29) is 36.0 Å². The van der Waals surface area contributed by atoms with Gasteiger partial charge in [0.2, 0.25) is 5.91 Å². The number of hydrogen-bond acceptors (Lipinski definition) is 7. The number of aryl methyl sites for hydroxylation is 2. The van der Waals surface area contributed by atoms with Gasteiger partial charge in [-0.05, 0) is 78.0 Å². The second kappa shape index (κ2) is 14.7. The number of nitrogens with zero attached hydrogens (tertiary/aromatic N) is 5. The summed E-state index contributed by atoms with van der Waals surface area (Å²) in [5.74, 6) is 0.535. The molecule has 0 bridgehead atoms. The van der Waals surface area contributed by atoms with Crippen molar-refractivity contribution in [1.29, 1.82) is 0 Å². The quantitative estimate of drug-likeness (QED) is 0.145. The van der Waals surface area contributed by atoms with E-state index in [1.54, 1.807) is 16.7 Å². The minimum Gasteiger partial charge on any atom is -0.497 e. The highest BCUT2D eigenvalue weighted by molar-refractivity contribution is 6.91. The van der Waals surface area contributed by atoms with Crippen LogP contribution < -0.4 is 19.7 Å². The lowest BCUT2D eigenvalue weighted by molar-refractivity contribution is -0.146. The van der Waals surface area contributed by atoms with Crippen LogP contribution in [0.1, 0.15) is 42.1 Å². The average molecular weight is 776 g/mol. The van der Waals surface area contributed by atoms with Crippen LogP contribution in [0.5, 0.6) is 5.75 Å². The number of aliphatic hydroxyl groups is 1. The van der Waals surface area contributed by atoms with Crippen LogP contribution >= 0.6 is 11.6 Å². The maximum absolute atomic E-state index is 15.3. The molecule has 3 aliphatic rings. The number of hydrogen-bond donors (Lipinski definition) is 1. The van der Waals surface area contributed by atoms with Gasteiger partial charge in [0.05, 0.1) is 44.9 Å². The number of carbonyl (C=O) groups is 2. The highest BCUT2D eigenvalue weighted by Gasteiger charge is 2.66. The fourth-order valence-electron chi connectivity index (χ4n) is 9.34. The Labute approximate surface area is 327 Å². The van der Waals surface area contributed by atoms with Crippen molar-refractivity contribution in [2.75, 3.05) is 23.5 Å². The molecule has 284 valence electrons. The number of halogens is 1. The molecular weight excluding hydrogens is 730 g/mol. The molecule has 4 heterocycles. The van der Waals surface area contributed by atoms with Crippen LogP contribution in [0.3, 0.4) is 0 Å². The van der Waals surface area contributed by atoms with Crippen molar-refractivity contribution >= 4 is 53.7 Å². The number of ether oxygens (including phenoxy) is 2. The van der Waals surface area contributed by atoms with Crippen LogP contribution in [0.15, 0.2) is 97.2 Å². The largest absolute Gasteiger partial charge is 0.497 e. The fourth-order valence-corrected chi connectivity index (χ4v) is 13.6. The summed E-state index contributed by atoms with van der Waals surface area (Å²) >= 11 is 6.74. The van der Waals surface area contributed by atoms with Crippen molar-refractivity contribution in [3.05, 3.63) is 125 Å². The van der Waals surface area contributed by atoms with Gasteiger partial charge in [0, 0.05) is 54.4 Å². The van der Waals surface area contributed by atoms with E-state index in [9.17, 15) is 9.90 Å². The molecule has 8 rings (SSSR count). The molecule has 5 aromatic rings. The number of para-hydroxylation sites is 1. The number of rotatable bonds is 11. The van der Waals surface area contributed by atoms with Crippen LogP contribution in [-0.4, -0.2) is 59.8 Å². The van der Waals surface area contributed by atoms with Crippen LogP contribution in [0.4, 0.5) is 17.1 Å². The Morgan fingerprint density at radius 1 is 0.982 bits per heavy atom. The number of methoxy groups -OCH3 is 1. The molecule has 12 heteroatoms. The fraction of sp³-hybridized carbons (Fsp3) is 0.349. The van der Waals surface area contributed by atoms with Gasteiger partial charge in [0.1, 0.15) is 5.75 Å². The van der Waals surface area contributed by atoms with Gasteiger partial charge in [-0.3, -0.25) is 19.2 Å². The SMILES string of the molecule is COc1ccc([Si](C)(C)[C@H]2[C@H](CCn3cc(CCO)nn3)O[C@@]3(C(=O)N(Cc4cccc(N5C(=O)CCc6ccccc65)c4)c4ccc(Cl)cc43)[C@@H]2C)cc1. The highest BCUT2D eigenvalue weighted by atomic mass is 35.5. The van der Waals surface area contributed by atoms with Crippen LogP contribution in [0, 0.1) is 5.92 Å². The van der Waals surface area contributed by atoms with E-state index in [2.05, 4.69) is 48.5 Å². The summed E-state index contributed by atoms with van der Waals surface area (Å²) in [6, 6.07) is 30.0. The molecule has 0 aliphatic carbocycles. The van der Waals surface area contributed by atoms with E-state index in [4.69, 9.17) is 21.1 Å². The topological polar surface area (TPSA) is 110 Å². The zero-order valence-electron chi connectivity index (χ0n) is 31.6. The maximum Gasteiger partial charge on any atom is 0.264 e. The third-order valence-electron chi connectivity index (χ3n) is 12.0. The van der Waals surface area contributed by atoms with Crippen molar-refractivity contribution in [2.24, 2.45) is 5.92 Å². The lowest BCUT2D eigenvalue weighted by Gasteiger charge is -2.37. The summed E-state index contributed by atoms with van der Waals surface area (Å²) in [5.41, 5.74) is 4.77. The number of aliphatic hydroxyl groups excluding tert-OH is 1. The number of amides is 2. The minimum atomic E-state index is -2.37. The van der Waals surface area contributed by atoms with E-state index in [0.717, 1.165) is 51.6 Å². The van der Waals surface area contributed by atoms with Gasteiger partial charge in [-0.2, -0.15) is 0 Å². The molecule has 2 amide bonds. The molecule has 10 nitrogen and oxygen atoms in total. The van der Waals surface area contributed by atoms with Crippen molar-refractivity contribution in [1.82, 2.24) is 15.0 Å². The molecule has 1 aromatic heterocycles. The van der Waals surface area contributed by atoms with E-state index < -0.39 is 13.7 Å². The van der Waals surface area contributed by atoms with E-state index in [1.165, 1.54) is 5.19 Å². The number of carbonyl (C=O) groups excluding carboxylic acids is 2. The zero-order valence-corrected chi connectivity index (χ0v) is 33.4. The van der Waals surface area contributed by atoms with Crippen LogP contribution in [0.25, 0.3) is 0 Å². The molecule has 1 saturated heterocycles. The maximum atomic E-state index is 15.3. The third kappa shape index (κ3) is 6.46. The van der Waals surface area contributed by atoms with Crippen LogP contribution in [0.2, 0.25) is 23.7 Å². The Kier molecular flexibility index (Phi) is 9.91. The number of anilines is 3. The van der Waals surface area contributed by atoms with Crippen LogP contribution in [-0.2, 0) is 45.9 Å². The Bertz CT molecular complexity index is 2240. The highest BCUT2D eigenvalue weighted by Crippen LogP contribution is 2.60. The number of fused-ring (bicyclic) bond motifs is 3. The molecular formula is C43H46ClN5O5Si. The Balaban J connectivity index is 1.16. The Morgan fingerprint density at radius 2 is 1.78 bits per heavy atom. The standard InChI is InChI=1S/C43H46ClN5O5Si/c1-28-41(55(3,4)35-16-14-34(53-2)15-17-35)39(20-22-47-27-32(21-23-50)45-46-47)54-43(28)36-25-31(44)13-18-38(36)48(42(43)52)26-29-8-7-10-33(24-29)49-37-11-6-5-9-30(37)12-19-40(49)51/h5-11,13-18,24-25,27-28,39,41,50H,12,19-23,26H2,1-4H3/t28-,39+,41-,43+/m1/s1. The zero-order chi connectivity index (χ0) is 38.5. The first-order valence-corrected chi connectivity index (χ1v) is 22.4. The van der Waals surface area contributed by atoms with E-state index >= 15 is 4.79 Å². The predicted octanol–water partition coefficient (Wildman–Crippen LogP) is 6.94. The number of aromatic nitrogens is 3. The Hall–Kier alpha value is -4.81. The van der Waals surface area contributed by atoms with Crippen molar-refractivity contribution < 1.29 is 24.2 Å². The van der Waals surface area contributed by atoms with Gasteiger partial charge in [0.15, 0.2) is 5.60 Å². The molecule has 0 saturated carbocycles. The Morgan fingerprint density at radius 3 is 2.56 bits per heavy atom. The molecule has 1 spiro atoms. The summed E-state index contributed by atoms with van der Waals surface area (Å²) in [6.45, 7) is 7.74. The molecule has 1 fully saturated rings. The second-order valence-corrected chi connectivity index (χ2v) is 20.6. The molecule has 0 unspecified atom stereocenters. The summed E-state index contributed by atoms with van der Waals surface area (Å²) < 4.78 is 14.6. The smallest absolute Gasteiger partial charge is 0.264 e. The molecule has 55 heavy (non-hydrogen) atoms. The van der Waals surface area contributed by atoms with Gasteiger partial charge in [-0.15, -0.1) is 5.10 Å². The van der Waals surface area contributed by atoms with E-state index in [1.807, 2.05) is 83.9 Å². The summed E-state index contributed by atoms with van der Waals surface area (Å²) in [5, 5.41) is 19.8. The second-order valence-electron chi connectivity index (χ2n) is 15.5. The van der Waals surface area contributed by atoms with Gasteiger partial charge in [-0.1, -0.05) is 84.5 Å². The lowest BCUT2D eigenvalue weighted by Crippen LogP contribution is -2.51. The summed E-state index contributed by atoms with van der Waals surface area (Å²) in [7, 11) is -0.701. The summed E-state index contributed by atoms with van der Waals surface area (Å²) in [6.07, 6.45) is 3.79. The summed E-state index contributed by atoms with van der Waals surface area (Å²) in [4.78, 5) is 32.3. The van der Waals surface area contributed by atoms with Gasteiger partial charge < -0.3 is 19.5 Å². The average Bonchev–Trinajstić information content (AvgIpc) is 3.83. The normalized spacial score (nSPS) is 22.0. The van der Waals surface area contributed by atoms with Crippen molar-refractivity contribution in [3.63, 3.8) is 0 Å². The molecule has 0 radical (unpaired) electrons. The van der Waals surface area contributed by atoms with Crippen molar-refractivity contribution in [3.8, 4) is 5.75 Å². The monoisotopic (exact) mass is 775 g/mol. The number of benzene rings is 4. The molecule has 1 N–H and O–H groups in total. The van der Waals surface area contributed by atoms with E-state index in [0.29, 0.717) is 37.4 Å². The van der Waals surface area contributed by atoms with Gasteiger partial charge >= 0.3 is 0 Å². The first-order chi connectivity index (χ1) is 26.5.